The molecule has 0 fully saturated rings. The van der Waals surface area contributed by atoms with Crippen molar-refractivity contribution in [1.29, 1.82) is 0 Å². The van der Waals surface area contributed by atoms with E-state index in [4.69, 9.17) is 0 Å². The summed E-state index contributed by atoms with van der Waals surface area (Å²) in [6.45, 7) is 2.07. The smallest absolute Gasteiger partial charge is 0.115 e. The van der Waals surface area contributed by atoms with Gasteiger partial charge in [0.25, 0.3) is 0 Å². The highest BCUT2D eigenvalue weighted by atomic mass is 16.3. The third kappa shape index (κ3) is 3.49. The number of aliphatic hydroxyl groups is 1. The van der Waals surface area contributed by atoms with E-state index in [1.54, 1.807) is 24.3 Å². The third-order valence-corrected chi connectivity index (χ3v) is 3.34. The number of allylic oxidation sites excluding steroid dienone is 1. The van der Waals surface area contributed by atoms with Gasteiger partial charge in [-0.2, -0.15) is 0 Å². The first-order chi connectivity index (χ1) is 9.72. The van der Waals surface area contributed by atoms with Gasteiger partial charge in [0.2, 0.25) is 0 Å². The molecule has 0 saturated heterocycles. The summed E-state index contributed by atoms with van der Waals surface area (Å²) < 4.78 is 0. The molecule has 2 aromatic rings. The molecule has 0 unspecified atom stereocenters. The molecule has 2 heteroatoms. The van der Waals surface area contributed by atoms with Crippen LogP contribution in [-0.4, -0.2) is 10.2 Å². The Balaban J connectivity index is 2.31. The molecule has 0 aliphatic heterocycles. The Hall–Kier alpha value is -2.06. The molecule has 0 spiro atoms. The number of rotatable bonds is 5. The monoisotopic (exact) mass is 268 g/mol. The summed E-state index contributed by atoms with van der Waals surface area (Å²) in [5, 5.41) is 20.0. The lowest BCUT2D eigenvalue weighted by atomic mass is 9.88. The quantitative estimate of drug-likeness (QED) is 0.799. The molecule has 0 amide bonds. The first-order valence-electron chi connectivity index (χ1n) is 6.91. The predicted octanol–water partition coefficient (Wildman–Crippen LogP) is 4.18. The molecule has 0 aliphatic carbocycles. The number of phenolic OH excluding ortho intramolecular Hbond substituents is 1. The largest absolute Gasteiger partial charge is 0.508 e. The number of aliphatic hydroxyl groups excluding tert-OH is 1. The molecule has 0 radical (unpaired) electrons. The van der Waals surface area contributed by atoms with Crippen LogP contribution in [0.5, 0.6) is 5.75 Å². The molecule has 20 heavy (non-hydrogen) atoms. The standard InChI is InChI=1S/C18H20O2/c1-2-3-9-17(14-7-5-4-6-8-14)18(20)15-10-12-16(19)13-11-15/h3-13,17-20H,2H2,1H3/b9-3-/t17-,18-/m0/s1. The number of phenols is 1. The van der Waals surface area contributed by atoms with Gasteiger partial charge < -0.3 is 10.2 Å². The fourth-order valence-corrected chi connectivity index (χ4v) is 2.24. The van der Waals surface area contributed by atoms with E-state index in [2.05, 4.69) is 13.0 Å². The summed E-state index contributed by atoms with van der Waals surface area (Å²) in [6.07, 6.45) is 4.43. The Morgan fingerprint density at radius 1 is 0.950 bits per heavy atom. The molecule has 0 aliphatic rings. The van der Waals surface area contributed by atoms with Crippen LogP contribution >= 0.6 is 0 Å². The van der Waals surface area contributed by atoms with Crippen molar-refractivity contribution in [3.63, 3.8) is 0 Å². The molecule has 2 aromatic carbocycles. The second kappa shape index (κ2) is 6.92. The summed E-state index contributed by atoms with van der Waals surface area (Å²) in [5.41, 5.74) is 1.88. The van der Waals surface area contributed by atoms with E-state index < -0.39 is 6.10 Å². The highest BCUT2D eigenvalue weighted by Gasteiger charge is 2.20. The Labute approximate surface area is 120 Å². The van der Waals surface area contributed by atoms with Crippen LogP contribution in [0.4, 0.5) is 0 Å². The second-order valence-corrected chi connectivity index (χ2v) is 4.81. The first kappa shape index (κ1) is 14.4. The fraction of sp³-hybridized carbons (Fsp3) is 0.222. The van der Waals surface area contributed by atoms with Gasteiger partial charge in [0, 0.05) is 5.92 Å². The van der Waals surface area contributed by atoms with Crippen LogP contribution in [0.1, 0.15) is 36.5 Å². The molecule has 0 aromatic heterocycles. The van der Waals surface area contributed by atoms with Crippen molar-refractivity contribution < 1.29 is 10.2 Å². The molecular weight excluding hydrogens is 248 g/mol. The van der Waals surface area contributed by atoms with E-state index in [9.17, 15) is 10.2 Å². The average molecular weight is 268 g/mol. The van der Waals surface area contributed by atoms with Crippen LogP contribution < -0.4 is 0 Å². The van der Waals surface area contributed by atoms with E-state index in [-0.39, 0.29) is 11.7 Å². The molecule has 0 saturated carbocycles. The summed E-state index contributed by atoms with van der Waals surface area (Å²) in [6, 6.07) is 16.7. The van der Waals surface area contributed by atoms with Gasteiger partial charge >= 0.3 is 0 Å². The van der Waals surface area contributed by atoms with Crippen molar-refractivity contribution in [2.75, 3.05) is 0 Å². The minimum atomic E-state index is -0.624. The number of aromatic hydroxyl groups is 1. The van der Waals surface area contributed by atoms with Gasteiger partial charge in [0.1, 0.15) is 5.75 Å². The molecule has 2 N–H and O–H groups in total. The second-order valence-electron chi connectivity index (χ2n) is 4.81. The van der Waals surface area contributed by atoms with E-state index >= 15 is 0 Å². The predicted molar refractivity (Wildman–Crippen MR) is 81.7 cm³/mol. The normalized spacial score (nSPS) is 14.3. The van der Waals surface area contributed by atoms with Crippen molar-refractivity contribution in [3.05, 3.63) is 77.9 Å². The zero-order valence-corrected chi connectivity index (χ0v) is 11.6. The van der Waals surface area contributed by atoms with E-state index in [1.807, 2.05) is 36.4 Å². The van der Waals surface area contributed by atoms with Crippen LogP contribution in [-0.2, 0) is 0 Å². The van der Waals surface area contributed by atoms with Crippen molar-refractivity contribution in [1.82, 2.24) is 0 Å². The van der Waals surface area contributed by atoms with Gasteiger partial charge in [-0.3, -0.25) is 0 Å². The minimum Gasteiger partial charge on any atom is -0.508 e. The van der Waals surface area contributed by atoms with Gasteiger partial charge in [-0.15, -0.1) is 0 Å². The lowest BCUT2D eigenvalue weighted by Crippen LogP contribution is -2.08. The first-order valence-corrected chi connectivity index (χ1v) is 6.91. The van der Waals surface area contributed by atoms with Gasteiger partial charge in [-0.1, -0.05) is 61.5 Å². The van der Waals surface area contributed by atoms with Crippen LogP contribution in [0.2, 0.25) is 0 Å². The Kier molecular flexibility index (Phi) is 4.97. The molecule has 0 bridgehead atoms. The van der Waals surface area contributed by atoms with E-state index in [1.165, 1.54) is 0 Å². The fourth-order valence-electron chi connectivity index (χ4n) is 2.24. The molecule has 2 nitrogen and oxygen atoms in total. The van der Waals surface area contributed by atoms with Crippen LogP contribution in [0.3, 0.4) is 0 Å². The van der Waals surface area contributed by atoms with E-state index in [0.717, 1.165) is 17.5 Å². The van der Waals surface area contributed by atoms with Crippen molar-refractivity contribution in [2.45, 2.75) is 25.4 Å². The maximum atomic E-state index is 10.6. The molecule has 2 rings (SSSR count). The van der Waals surface area contributed by atoms with Crippen molar-refractivity contribution >= 4 is 0 Å². The molecular formula is C18H20O2. The number of hydrogen-bond donors (Lipinski definition) is 2. The highest BCUT2D eigenvalue weighted by molar-refractivity contribution is 5.33. The SMILES string of the molecule is CC/C=C\[C@@H](c1ccccc1)[C@@H](O)c1ccc(O)cc1. The number of benzene rings is 2. The molecule has 2 atom stereocenters. The Morgan fingerprint density at radius 2 is 1.60 bits per heavy atom. The van der Waals surface area contributed by atoms with Gasteiger partial charge in [0.05, 0.1) is 6.10 Å². The summed E-state index contributed by atoms with van der Waals surface area (Å²) >= 11 is 0. The lowest BCUT2D eigenvalue weighted by molar-refractivity contribution is 0.161. The van der Waals surface area contributed by atoms with Gasteiger partial charge in [0.15, 0.2) is 0 Å². The number of hydrogen-bond acceptors (Lipinski definition) is 2. The van der Waals surface area contributed by atoms with Gasteiger partial charge in [-0.05, 0) is 29.7 Å². The average Bonchev–Trinajstić information content (AvgIpc) is 2.49. The maximum Gasteiger partial charge on any atom is 0.115 e. The zero-order valence-electron chi connectivity index (χ0n) is 11.6. The summed E-state index contributed by atoms with van der Waals surface area (Å²) in [4.78, 5) is 0. The Bertz CT molecular complexity index is 543. The third-order valence-electron chi connectivity index (χ3n) is 3.34. The van der Waals surface area contributed by atoms with Crippen molar-refractivity contribution in [3.8, 4) is 5.75 Å². The van der Waals surface area contributed by atoms with Crippen LogP contribution in [0.25, 0.3) is 0 Å². The van der Waals surface area contributed by atoms with Crippen LogP contribution in [0, 0.1) is 0 Å². The Morgan fingerprint density at radius 3 is 2.20 bits per heavy atom. The molecule has 104 valence electrons. The van der Waals surface area contributed by atoms with Gasteiger partial charge in [-0.25, -0.2) is 0 Å². The summed E-state index contributed by atoms with van der Waals surface area (Å²) in [5.74, 6) is 0.127. The maximum absolute atomic E-state index is 10.6. The topological polar surface area (TPSA) is 40.5 Å². The minimum absolute atomic E-state index is 0.0827. The van der Waals surface area contributed by atoms with Crippen LogP contribution in [0.15, 0.2) is 66.7 Å². The molecule has 0 heterocycles. The summed E-state index contributed by atoms with van der Waals surface area (Å²) in [7, 11) is 0. The van der Waals surface area contributed by atoms with E-state index in [0.29, 0.717) is 0 Å². The van der Waals surface area contributed by atoms with Crippen molar-refractivity contribution in [2.24, 2.45) is 0 Å². The highest BCUT2D eigenvalue weighted by Crippen LogP contribution is 2.32. The lowest BCUT2D eigenvalue weighted by Gasteiger charge is -2.21. The zero-order chi connectivity index (χ0) is 14.4.